The summed E-state index contributed by atoms with van der Waals surface area (Å²) in [6.45, 7) is 1.72. The summed E-state index contributed by atoms with van der Waals surface area (Å²) in [4.78, 5) is 2.13. The first-order valence-corrected chi connectivity index (χ1v) is 9.57. The Bertz CT molecular complexity index is 433. The minimum absolute atomic E-state index is 0.448. The van der Waals surface area contributed by atoms with Crippen LogP contribution >= 0.6 is 27.7 Å². The molecule has 2 rings (SSSR count). The summed E-state index contributed by atoms with van der Waals surface area (Å²) in [6, 6.07) is 0. The third kappa shape index (κ3) is 5.27. The molecule has 21 heavy (non-hydrogen) atoms. The molecular formula is C15H26BrN3OS. The van der Waals surface area contributed by atoms with Crippen LogP contribution in [0.2, 0.25) is 0 Å². The summed E-state index contributed by atoms with van der Waals surface area (Å²) in [5.74, 6) is 0.761. The predicted octanol–water partition coefficient (Wildman–Crippen LogP) is 3.31. The summed E-state index contributed by atoms with van der Waals surface area (Å²) in [5.41, 5.74) is 0.917. The summed E-state index contributed by atoms with van der Waals surface area (Å²) >= 11 is 5.45. The standard InChI is InChI=1S/C15H26BrN3OS/c1-18(2)8-9-19-15(13(16)10-17-19)14(20)11-21-12-6-4-3-5-7-12/h10,12,14,20H,3-9,11H2,1-2H3. The van der Waals surface area contributed by atoms with Gasteiger partial charge in [-0.2, -0.15) is 16.9 Å². The molecular weight excluding hydrogens is 350 g/mol. The van der Waals surface area contributed by atoms with Crippen LogP contribution in [-0.2, 0) is 6.54 Å². The summed E-state index contributed by atoms with van der Waals surface area (Å²) < 4.78 is 2.84. The highest BCUT2D eigenvalue weighted by Crippen LogP contribution is 2.32. The second-order valence-corrected chi connectivity index (χ2v) is 8.20. The third-order valence-electron chi connectivity index (χ3n) is 3.95. The van der Waals surface area contributed by atoms with Crippen LogP contribution in [0.1, 0.15) is 43.9 Å². The molecule has 0 radical (unpaired) electrons. The molecule has 0 aliphatic heterocycles. The molecule has 1 N–H and O–H groups in total. The number of likely N-dealkylation sites (N-methyl/N-ethyl adjacent to an activating group) is 1. The molecule has 1 atom stereocenters. The summed E-state index contributed by atoms with van der Waals surface area (Å²) in [6.07, 6.45) is 8.02. The Morgan fingerprint density at radius 1 is 1.43 bits per heavy atom. The highest BCUT2D eigenvalue weighted by atomic mass is 79.9. The molecule has 4 nitrogen and oxygen atoms in total. The van der Waals surface area contributed by atoms with Crippen molar-refractivity contribution in [1.29, 1.82) is 0 Å². The molecule has 0 bridgehead atoms. The van der Waals surface area contributed by atoms with Crippen molar-refractivity contribution in [1.82, 2.24) is 14.7 Å². The highest BCUT2D eigenvalue weighted by Gasteiger charge is 2.21. The molecule has 0 aromatic carbocycles. The normalized spacial score (nSPS) is 18.3. The number of aliphatic hydroxyl groups excluding tert-OH is 1. The smallest absolute Gasteiger partial charge is 0.106 e. The molecule has 6 heteroatoms. The van der Waals surface area contributed by atoms with Crippen LogP contribution in [0.5, 0.6) is 0 Å². The van der Waals surface area contributed by atoms with Gasteiger partial charge in [0.2, 0.25) is 0 Å². The Balaban J connectivity index is 1.91. The van der Waals surface area contributed by atoms with E-state index in [0.717, 1.165) is 34.3 Å². The number of aromatic nitrogens is 2. The highest BCUT2D eigenvalue weighted by molar-refractivity contribution is 9.10. The Hall–Kier alpha value is -0.0400. The zero-order chi connectivity index (χ0) is 15.2. The van der Waals surface area contributed by atoms with Crippen molar-refractivity contribution in [2.75, 3.05) is 26.4 Å². The monoisotopic (exact) mass is 375 g/mol. The zero-order valence-corrected chi connectivity index (χ0v) is 15.4. The number of halogens is 1. The Morgan fingerprint density at radius 3 is 2.81 bits per heavy atom. The maximum absolute atomic E-state index is 10.5. The van der Waals surface area contributed by atoms with Crippen LogP contribution in [0.3, 0.4) is 0 Å². The molecule has 1 fully saturated rings. The lowest BCUT2D eigenvalue weighted by Crippen LogP contribution is -2.22. The maximum atomic E-state index is 10.5. The van der Waals surface area contributed by atoms with Gasteiger partial charge in [0.25, 0.3) is 0 Å². The SMILES string of the molecule is CN(C)CCn1ncc(Br)c1C(O)CSC1CCCCC1. The van der Waals surface area contributed by atoms with Gasteiger partial charge in [0.15, 0.2) is 0 Å². The Morgan fingerprint density at radius 2 is 2.14 bits per heavy atom. The van der Waals surface area contributed by atoms with Crippen molar-refractivity contribution in [2.45, 2.75) is 50.0 Å². The van der Waals surface area contributed by atoms with E-state index >= 15 is 0 Å². The summed E-state index contributed by atoms with van der Waals surface area (Å²) in [7, 11) is 4.10. The largest absolute Gasteiger partial charge is 0.386 e. The molecule has 1 aromatic rings. The number of aliphatic hydroxyl groups is 1. The zero-order valence-electron chi connectivity index (χ0n) is 13.0. The fourth-order valence-corrected chi connectivity index (χ4v) is 4.55. The Kier molecular flexibility index (Phi) is 7.05. The molecule has 0 spiro atoms. The minimum atomic E-state index is -0.448. The number of hydrogen-bond donors (Lipinski definition) is 1. The fourth-order valence-electron chi connectivity index (χ4n) is 2.71. The first-order valence-electron chi connectivity index (χ1n) is 7.73. The molecule has 1 heterocycles. The van der Waals surface area contributed by atoms with E-state index in [1.54, 1.807) is 6.20 Å². The van der Waals surface area contributed by atoms with E-state index in [4.69, 9.17) is 0 Å². The van der Waals surface area contributed by atoms with E-state index < -0.39 is 6.10 Å². The van der Waals surface area contributed by atoms with Gasteiger partial charge in [0.1, 0.15) is 6.10 Å². The average molecular weight is 376 g/mol. The van der Waals surface area contributed by atoms with Crippen molar-refractivity contribution in [3.8, 4) is 0 Å². The lowest BCUT2D eigenvalue weighted by Gasteiger charge is -2.23. The van der Waals surface area contributed by atoms with Crippen LogP contribution < -0.4 is 0 Å². The van der Waals surface area contributed by atoms with Crippen molar-refractivity contribution in [2.24, 2.45) is 0 Å². The second kappa shape index (κ2) is 8.56. The van der Waals surface area contributed by atoms with E-state index in [0.29, 0.717) is 0 Å². The van der Waals surface area contributed by atoms with Crippen LogP contribution in [-0.4, -0.2) is 51.4 Å². The molecule has 1 aliphatic carbocycles. The van der Waals surface area contributed by atoms with Gasteiger partial charge >= 0.3 is 0 Å². The number of thioether (sulfide) groups is 1. The lowest BCUT2D eigenvalue weighted by atomic mass is 10.0. The number of rotatable bonds is 7. The van der Waals surface area contributed by atoms with E-state index in [1.165, 1.54) is 32.1 Å². The topological polar surface area (TPSA) is 41.3 Å². The van der Waals surface area contributed by atoms with Gasteiger partial charge in [0, 0.05) is 17.5 Å². The minimum Gasteiger partial charge on any atom is -0.386 e. The van der Waals surface area contributed by atoms with Crippen LogP contribution in [0.25, 0.3) is 0 Å². The van der Waals surface area contributed by atoms with Crippen molar-refractivity contribution < 1.29 is 5.11 Å². The molecule has 0 amide bonds. The van der Waals surface area contributed by atoms with Crippen molar-refractivity contribution >= 4 is 27.7 Å². The van der Waals surface area contributed by atoms with Crippen LogP contribution in [0.15, 0.2) is 10.7 Å². The fraction of sp³-hybridized carbons (Fsp3) is 0.800. The predicted molar refractivity (Wildman–Crippen MR) is 92.8 cm³/mol. The van der Waals surface area contributed by atoms with Crippen molar-refractivity contribution in [3.05, 3.63) is 16.4 Å². The van der Waals surface area contributed by atoms with Crippen LogP contribution in [0.4, 0.5) is 0 Å². The van der Waals surface area contributed by atoms with E-state index in [9.17, 15) is 5.11 Å². The third-order valence-corrected chi connectivity index (χ3v) is 6.01. The molecule has 120 valence electrons. The van der Waals surface area contributed by atoms with Crippen LogP contribution in [0, 0.1) is 0 Å². The first-order chi connectivity index (χ1) is 10.1. The number of nitrogens with zero attached hydrogens (tertiary/aromatic N) is 3. The maximum Gasteiger partial charge on any atom is 0.106 e. The van der Waals surface area contributed by atoms with E-state index in [1.807, 2.05) is 30.5 Å². The number of hydrogen-bond acceptors (Lipinski definition) is 4. The van der Waals surface area contributed by atoms with Gasteiger partial charge in [-0.3, -0.25) is 4.68 Å². The quantitative estimate of drug-likeness (QED) is 0.793. The van der Waals surface area contributed by atoms with Gasteiger partial charge in [-0.05, 0) is 42.9 Å². The Labute approximate surface area is 140 Å². The van der Waals surface area contributed by atoms with Crippen molar-refractivity contribution in [3.63, 3.8) is 0 Å². The second-order valence-electron chi connectivity index (χ2n) is 6.01. The van der Waals surface area contributed by atoms with Gasteiger partial charge in [-0.15, -0.1) is 0 Å². The van der Waals surface area contributed by atoms with Gasteiger partial charge in [0.05, 0.1) is 22.9 Å². The molecule has 0 saturated heterocycles. The molecule has 1 aliphatic rings. The first kappa shape index (κ1) is 17.3. The molecule has 1 unspecified atom stereocenters. The summed E-state index contributed by atoms with van der Waals surface area (Å²) in [5, 5.41) is 15.6. The average Bonchev–Trinajstić information content (AvgIpc) is 2.85. The molecule has 1 saturated carbocycles. The van der Waals surface area contributed by atoms with E-state index in [2.05, 4.69) is 25.9 Å². The van der Waals surface area contributed by atoms with Gasteiger partial charge < -0.3 is 10.0 Å². The lowest BCUT2D eigenvalue weighted by molar-refractivity contribution is 0.189. The molecule has 1 aromatic heterocycles. The van der Waals surface area contributed by atoms with Gasteiger partial charge in [-0.25, -0.2) is 0 Å². The van der Waals surface area contributed by atoms with Gasteiger partial charge in [-0.1, -0.05) is 19.3 Å². The van der Waals surface area contributed by atoms with E-state index in [-0.39, 0.29) is 0 Å².